The van der Waals surface area contributed by atoms with Crippen molar-refractivity contribution in [1.82, 2.24) is 0 Å². The summed E-state index contributed by atoms with van der Waals surface area (Å²) in [7, 11) is 0. The van der Waals surface area contributed by atoms with Gasteiger partial charge in [-0.15, -0.1) is 0 Å². The van der Waals surface area contributed by atoms with Gasteiger partial charge in [-0.2, -0.15) is 0 Å². The van der Waals surface area contributed by atoms with Gasteiger partial charge in [0.05, 0.1) is 12.5 Å². The maximum absolute atomic E-state index is 10.9. The molecule has 0 bridgehead atoms. The Bertz CT molecular complexity index is 373. The molecule has 1 aromatic rings. The largest absolute Gasteiger partial charge is 0.493 e. The first-order valence-electron chi connectivity index (χ1n) is 5.12. The van der Waals surface area contributed by atoms with Crippen LogP contribution in [0.25, 0.3) is 0 Å². The number of carbonyl (C=O) groups is 1. The highest BCUT2D eigenvalue weighted by molar-refractivity contribution is 5.70. The van der Waals surface area contributed by atoms with Crippen molar-refractivity contribution in [3.05, 3.63) is 29.8 Å². The smallest absolute Gasteiger partial charge is 0.306 e. The van der Waals surface area contributed by atoms with E-state index in [0.29, 0.717) is 6.61 Å². The Kier molecular flexibility index (Phi) is 2.62. The number of hydrogen-bond donors (Lipinski definition) is 1. The lowest BCUT2D eigenvalue weighted by Gasteiger charge is -2.27. The third-order valence-corrected chi connectivity index (χ3v) is 3.00. The van der Waals surface area contributed by atoms with Crippen LogP contribution in [0.2, 0.25) is 0 Å². The van der Waals surface area contributed by atoms with Gasteiger partial charge in [0.1, 0.15) is 5.75 Å². The number of carboxylic acids is 1. The van der Waals surface area contributed by atoms with Crippen molar-refractivity contribution in [1.29, 1.82) is 0 Å². The molecule has 3 nitrogen and oxygen atoms in total. The molecule has 0 aromatic heterocycles. The monoisotopic (exact) mass is 206 g/mol. The van der Waals surface area contributed by atoms with Crippen LogP contribution in [0.15, 0.2) is 24.3 Å². The average Bonchev–Trinajstić information content (AvgIpc) is 2.27. The van der Waals surface area contributed by atoms with Gasteiger partial charge in [0, 0.05) is 5.92 Å². The highest BCUT2D eigenvalue weighted by Gasteiger charge is 2.28. The Morgan fingerprint density at radius 3 is 3.00 bits per heavy atom. The van der Waals surface area contributed by atoms with Crippen molar-refractivity contribution in [3.8, 4) is 5.75 Å². The number of ether oxygens (including phenoxy) is 1. The topological polar surface area (TPSA) is 46.5 Å². The first-order chi connectivity index (χ1) is 7.18. The van der Waals surface area contributed by atoms with Crippen LogP contribution in [0, 0.1) is 11.8 Å². The molecule has 0 spiro atoms. The van der Waals surface area contributed by atoms with E-state index in [4.69, 9.17) is 9.84 Å². The minimum atomic E-state index is -0.747. The quantitative estimate of drug-likeness (QED) is 0.804. The molecule has 1 aromatic carbocycles. The molecule has 0 saturated carbocycles. The molecule has 0 radical (unpaired) electrons. The normalized spacial score (nSPS) is 21.3. The number of benzene rings is 1. The minimum absolute atomic E-state index is 0.0809. The van der Waals surface area contributed by atoms with E-state index >= 15 is 0 Å². The summed E-state index contributed by atoms with van der Waals surface area (Å²) in [6.07, 6.45) is 0.795. The summed E-state index contributed by atoms with van der Waals surface area (Å²) in [6, 6.07) is 7.81. The van der Waals surface area contributed by atoms with Crippen molar-refractivity contribution < 1.29 is 14.6 Å². The minimum Gasteiger partial charge on any atom is -0.493 e. The lowest BCUT2D eigenvalue weighted by molar-refractivity contribution is -0.143. The van der Waals surface area contributed by atoms with Crippen LogP contribution in [0.5, 0.6) is 5.75 Å². The number of hydrogen-bond acceptors (Lipinski definition) is 2. The molecule has 1 N–H and O–H groups in total. The molecular weight excluding hydrogens is 192 g/mol. The van der Waals surface area contributed by atoms with Crippen LogP contribution in [0.3, 0.4) is 0 Å². The van der Waals surface area contributed by atoms with E-state index in [0.717, 1.165) is 17.7 Å². The molecule has 0 aliphatic carbocycles. The van der Waals surface area contributed by atoms with Crippen molar-refractivity contribution in [2.24, 2.45) is 11.8 Å². The molecule has 0 amide bonds. The molecule has 0 fully saturated rings. The van der Waals surface area contributed by atoms with Gasteiger partial charge in [-0.3, -0.25) is 4.79 Å². The lowest BCUT2D eigenvalue weighted by Crippen LogP contribution is -2.30. The number of carboxylic acid groups (broad SMARTS) is 1. The fraction of sp³-hybridized carbons (Fsp3) is 0.417. The molecule has 80 valence electrons. The fourth-order valence-electron chi connectivity index (χ4n) is 1.87. The molecule has 2 unspecified atom stereocenters. The number of fused-ring (bicyclic) bond motifs is 1. The Morgan fingerprint density at radius 1 is 1.53 bits per heavy atom. The highest BCUT2D eigenvalue weighted by atomic mass is 16.5. The number of para-hydroxylation sites is 1. The van der Waals surface area contributed by atoms with E-state index in [9.17, 15) is 4.79 Å². The van der Waals surface area contributed by atoms with E-state index in [1.54, 1.807) is 6.92 Å². The molecule has 0 saturated heterocycles. The average molecular weight is 206 g/mol. The second-order valence-corrected chi connectivity index (χ2v) is 4.01. The summed E-state index contributed by atoms with van der Waals surface area (Å²) in [6.45, 7) is 2.24. The summed E-state index contributed by atoms with van der Waals surface area (Å²) in [5.41, 5.74) is 1.11. The van der Waals surface area contributed by atoms with Crippen molar-refractivity contribution >= 4 is 5.97 Å². The molecule has 1 aliphatic heterocycles. The van der Waals surface area contributed by atoms with Crippen LogP contribution in [0.4, 0.5) is 0 Å². The SMILES string of the molecule is CC(C(=O)O)C1COc2ccccc2C1. The zero-order valence-corrected chi connectivity index (χ0v) is 8.64. The number of aliphatic carboxylic acids is 1. The molecule has 1 heterocycles. The highest BCUT2D eigenvalue weighted by Crippen LogP contribution is 2.30. The van der Waals surface area contributed by atoms with Crippen molar-refractivity contribution in [3.63, 3.8) is 0 Å². The Labute approximate surface area is 88.7 Å². The molecule has 3 heteroatoms. The van der Waals surface area contributed by atoms with Gasteiger partial charge >= 0.3 is 5.97 Å². The predicted molar refractivity (Wildman–Crippen MR) is 55.9 cm³/mol. The Hall–Kier alpha value is -1.51. The second-order valence-electron chi connectivity index (χ2n) is 4.01. The summed E-state index contributed by atoms with van der Waals surface area (Å²) >= 11 is 0. The van der Waals surface area contributed by atoms with Gasteiger partial charge in [-0.05, 0) is 18.1 Å². The van der Waals surface area contributed by atoms with Crippen LogP contribution in [-0.2, 0) is 11.2 Å². The van der Waals surface area contributed by atoms with E-state index in [-0.39, 0.29) is 11.8 Å². The van der Waals surface area contributed by atoms with Crippen molar-refractivity contribution in [2.45, 2.75) is 13.3 Å². The lowest BCUT2D eigenvalue weighted by atomic mass is 9.87. The number of rotatable bonds is 2. The summed E-state index contributed by atoms with van der Waals surface area (Å²) < 4.78 is 5.54. The van der Waals surface area contributed by atoms with Crippen LogP contribution < -0.4 is 4.74 Å². The third kappa shape index (κ3) is 1.96. The van der Waals surface area contributed by atoms with E-state index in [1.807, 2.05) is 24.3 Å². The Balaban J connectivity index is 2.15. The first-order valence-corrected chi connectivity index (χ1v) is 5.12. The third-order valence-electron chi connectivity index (χ3n) is 3.00. The molecule has 2 atom stereocenters. The summed E-state index contributed by atoms with van der Waals surface area (Å²) in [4.78, 5) is 10.9. The van der Waals surface area contributed by atoms with E-state index in [1.165, 1.54) is 0 Å². The van der Waals surface area contributed by atoms with E-state index in [2.05, 4.69) is 0 Å². The van der Waals surface area contributed by atoms with Crippen molar-refractivity contribution in [2.75, 3.05) is 6.61 Å². The Morgan fingerprint density at radius 2 is 2.27 bits per heavy atom. The fourth-order valence-corrected chi connectivity index (χ4v) is 1.87. The summed E-state index contributed by atoms with van der Waals surface area (Å²) in [5, 5.41) is 8.93. The first kappa shape index (κ1) is 10.0. The maximum atomic E-state index is 10.9. The van der Waals surface area contributed by atoms with Crippen LogP contribution in [0.1, 0.15) is 12.5 Å². The van der Waals surface area contributed by atoms with Gasteiger partial charge in [0.15, 0.2) is 0 Å². The summed E-state index contributed by atoms with van der Waals surface area (Å²) in [5.74, 6) is -0.120. The zero-order valence-electron chi connectivity index (χ0n) is 8.64. The maximum Gasteiger partial charge on any atom is 0.306 e. The molecule has 2 rings (SSSR count). The van der Waals surface area contributed by atoms with Crippen LogP contribution >= 0.6 is 0 Å². The van der Waals surface area contributed by atoms with Gasteiger partial charge in [-0.25, -0.2) is 0 Å². The van der Waals surface area contributed by atoms with Gasteiger partial charge < -0.3 is 9.84 Å². The predicted octanol–water partition coefficient (Wildman–Crippen LogP) is 1.96. The van der Waals surface area contributed by atoms with Gasteiger partial charge in [0.25, 0.3) is 0 Å². The second kappa shape index (κ2) is 3.93. The van der Waals surface area contributed by atoms with Crippen LogP contribution in [-0.4, -0.2) is 17.7 Å². The molecular formula is C12H14O3. The zero-order chi connectivity index (χ0) is 10.8. The van der Waals surface area contributed by atoms with Gasteiger partial charge in [0.2, 0.25) is 0 Å². The molecule has 1 aliphatic rings. The standard InChI is InChI=1S/C12H14O3/c1-8(12(13)14)10-6-9-4-2-3-5-11(9)15-7-10/h2-5,8,10H,6-7H2,1H3,(H,13,14). The van der Waals surface area contributed by atoms with Gasteiger partial charge in [-0.1, -0.05) is 25.1 Å². The molecule has 15 heavy (non-hydrogen) atoms. The van der Waals surface area contributed by atoms with E-state index < -0.39 is 5.97 Å².